The Hall–Kier alpha value is -1.89. The summed E-state index contributed by atoms with van der Waals surface area (Å²) in [4.78, 5) is 12.3. The van der Waals surface area contributed by atoms with Crippen molar-refractivity contribution in [3.8, 4) is 0 Å². The van der Waals surface area contributed by atoms with Crippen LogP contribution in [0.25, 0.3) is 0 Å². The first-order valence-electron chi connectivity index (χ1n) is 6.47. The van der Waals surface area contributed by atoms with Crippen LogP contribution in [0.3, 0.4) is 0 Å². The molecule has 92 valence electrons. The normalized spacial score (nSPS) is 10.3. The van der Waals surface area contributed by atoms with Crippen molar-refractivity contribution in [2.45, 2.75) is 26.7 Å². The van der Waals surface area contributed by atoms with Crippen molar-refractivity contribution in [2.24, 2.45) is 0 Å². The molecule has 0 heterocycles. The van der Waals surface area contributed by atoms with Crippen LogP contribution in [-0.2, 0) is 12.8 Å². The van der Waals surface area contributed by atoms with Gasteiger partial charge in [-0.2, -0.15) is 0 Å². The van der Waals surface area contributed by atoms with Gasteiger partial charge in [-0.15, -0.1) is 0 Å². The first-order chi connectivity index (χ1) is 8.76. The summed E-state index contributed by atoms with van der Waals surface area (Å²) in [6.45, 7) is 4.28. The molecule has 0 aliphatic carbocycles. The van der Waals surface area contributed by atoms with Crippen molar-refractivity contribution in [1.29, 1.82) is 0 Å². The van der Waals surface area contributed by atoms with Crippen LogP contribution < -0.4 is 0 Å². The third kappa shape index (κ3) is 2.51. The quantitative estimate of drug-likeness (QED) is 0.735. The molecule has 0 bridgehead atoms. The highest BCUT2D eigenvalue weighted by Gasteiger charge is 2.10. The van der Waals surface area contributed by atoms with Crippen molar-refractivity contribution >= 4 is 5.78 Å². The minimum atomic E-state index is 0.105. The van der Waals surface area contributed by atoms with E-state index in [2.05, 4.69) is 19.9 Å². The molecular formula is C17H18O. The molecule has 0 aliphatic rings. The molecule has 0 radical (unpaired) electrons. The number of rotatable bonds is 4. The van der Waals surface area contributed by atoms with Gasteiger partial charge in [-0.3, -0.25) is 4.79 Å². The summed E-state index contributed by atoms with van der Waals surface area (Å²) in [5.74, 6) is 0.105. The van der Waals surface area contributed by atoms with E-state index in [-0.39, 0.29) is 5.78 Å². The van der Waals surface area contributed by atoms with Crippen LogP contribution >= 0.6 is 0 Å². The van der Waals surface area contributed by atoms with Crippen molar-refractivity contribution in [3.63, 3.8) is 0 Å². The maximum atomic E-state index is 12.3. The molecule has 1 nitrogen and oxygen atoms in total. The Kier molecular flexibility index (Phi) is 3.93. The highest BCUT2D eigenvalue weighted by Crippen LogP contribution is 2.16. The number of hydrogen-bond acceptors (Lipinski definition) is 1. The van der Waals surface area contributed by atoms with E-state index in [1.165, 1.54) is 11.1 Å². The molecule has 0 aliphatic heterocycles. The van der Waals surface area contributed by atoms with Crippen molar-refractivity contribution < 1.29 is 4.79 Å². The Morgan fingerprint density at radius 3 is 2.11 bits per heavy atom. The Morgan fingerprint density at radius 2 is 1.50 bits per heavy atom. The van der Waals surface area contributed by atoms with Gasteiger partial charge in [0.2, 0.25) is 0 Å². The molecule has 0 fully saturated rings. The number of ketones is 1. The average Bonchev–Trinajstić information content (AvgIpc) is 2.46. The van der Waals surface area contributed by atoms with Crippen molar-refractivity contribution in [2.75, 3.05) is 0 Å². The van der Waals surface area contributed by atoms with Gasteiger partial charge >= 0.3 is 0 Å². The van der Waals surface area contributed by atoms with E-state index in [0.29, 0.717) is 0 Å². The molecule has 2 aromatic rings. The predicted molar refractivity (Wildman–Crippen MR) is 75.1 cm³/mol. The molecule has 0 N–H and O–H groups in total. The zero-order valence-corrected chi connectivity index (χ0v) is 10.9. The minimum Gasteiger partial charge on any atom is -0.289 e. The fourth-order valence-corrected chi connectivity index (χ4v) is 2.20. The lowest BCUT2D eigenvalue weighted by atomic mass is 9.96. The Labute approximate surface area is 108 Å². The molecule has 0 amide bonds. The zero-order valence-electron chi connectivity index (χ0n) is 10.9. The molecule has 0 saturated heterocycles. The molecule has 0 spiro atoms. The van der Waals surface area contributed by atoms with Gasteiger partial charge in [-0.25, -0.2) is 0 Å². The van der Waals surface area contributed by atoms with Gasteiger partial charge < -0.3 is 0 Å². The lowest BCUT2D eigenvalue weighted by Gasteiger charge is -2.08. The zero-order chi connectivity index (χ0) is 13.0. The van der Waals surface area contributed by atoms with Crippen molar-refractivity contribution in [1.82, 2.24) is 0 Å². The SMILES string of the molecule is CCc1ccc(C(=O)c2ccccc2)cc1CC. The van der Waals surface area contributed by atoms with Crippen LogP contribution in [0.2, 0.25) is 0 Å². The Balaban J connectivity index is 2.37. The number of carbonyl (C=O) groups excluding carboxylic acids is 1. The summed E-state index contributed by atoms with van der Waals surface area (Å²) in [5.41, 5.74) is 4.15. The summed E-state index contributed by atoms with van der Waals surface area (Å²) in [7, 11) is 0. The standard InChI is InChI=1S/C17H18O/c1-3-13-10-11-16(12-14(13)4-2)17(18)15-8-6-5-7-9-15/h5-12H,3-4H2,1-2H3. The fourth-order valence-electron chi connectivity index (χ4n) is 2.20. The van der Waals surface area contributed by atoms with Crippen LogP contribution in [0.15, 0.2) is 48.5 Å². The van der Waals surface area contributed by atoms with Gasteiger partial charge in [0.15, 0.2) is 5.78 Å². The fraction of sp³-hybridized carbons (Fsp3) is 0.235. The number of hydrogen-bond donors (Lipinski definition) is 0. The van der Waals surface area contributed by atoms with Gasteiger partial charge in [0, 0.05) is 11.1 Å². The third-order valence-electron chi connectivity index (χ3n) is 3.27. The molecule has 1 heteroatoms. The minimum absolute atomic E-state index is 0.105. The highest BCUT2D eigenvalue weighted by molar-refractivity contribution is 6.09. The van der Waals surface area contributed by atoms with Crippen LogP contribution in [0.5, 0.6) is 0 Å². The summed E-state index contributed by atoms with van der Waals surface area (Å²) in [6, 6.07) is 15.5. The monoisotopic (exact) mass is 238 g/mol. The maximum absolute atomic E-state index is 12.3. The maximum Gasteiger partial charge on any atom is 0.193 e. The lowest BCUT2D eigenvalue weighted by Crippen LogP contribution is -2.03. The first kappa shape index (κ1) is 12.6. The van der Waals surface area contributed by atoms with Crippen LogP contribution in [0.1, 0.15) is 40.9 Å². The average molecular weight is 238 g/mol. The van der Waals surface area contributed by atoms with Gasteiger partial charge in [0.25, 0.3) is 0 Å². The topological polar surface area (TPSA) is 17.1 Å². The van der Waals surface area contributed by atoms with E-state index in [9.17, 15) is 4.79 Å². The van der Waals surface area contributed by atoms with Crippen LogP contribution in [0.4, 0.5) is 0 Å². The van der Waals surface area contributed by atoms with Gasteiger partial charge in [-0.05, 0) is 30.0 Å². The molecule has 2 aromatic carbocycles. The number of benzene rings is 2. The lowest BCUT2D eigenvalue weighted by molar-refractivity contribution is 0.103. The highest BCUT2D eigenvalue weighted by atomic mass is 16.1. The predicted octanol–water partition coefficient (Wildman–Crippen LogP) is 4.04. The molecule has 0 saturated carbocycles. The van der Waals surface area contributed by atoms with E-state index in [4.69, 9.17) is 0 Å². The molecule has 0 atom stereocenters. The second-order valence-corrected chi connectivity index (χ2v) is 4.39. The molecule has 0 aromatic heterocycles. The molecule has 0 unspecified atom stereocenters. The second-order valence-electron chi connectivity index (χ2n) is 4.39. The molecule has 2 rings (SSSR count). The van der Waals surface area contributed by atoms with Crippen LogP contribution in [0, 0.1) is 0 Å². The number of carbonyl (C=O) groups is 1. The van der Waals surface area contributed by atoms with E-state index in [1.807, 2.05) is 42.5 Å². The van der Waals surface area contributed by atoms with E-state index >= 15 is 0 Å². The van der Waals surface area contributed by atoms with E-state index in [0.717, 1.165) is 24.0 Å². The Morgan fingerprint density at radius 1 is 0.833 bits per heavy atom. The summed E-state index contributed by atoms with van der Waals surface area (Å²) < 4.78 is 0. The number of aryl methyl sites for hydroxylation is 2. The first-order valence-corrected chi connectivity index (χ1v) is 6.47. The van der Waals surface area contributed by atoms with E-state index in [1.54, 1.807) is 0 Å². The van der Waals surface area contributed by atoms with Crippen LogP contribution in [-0.4, -0.2) is 5.78 Å². The van der Waals surface area contributed by atoms with E-state index < -0.39 is 0 Å². The van der Waals surface area contributed by atoms with Crippen molar-refractivity contribution in [3.05, 3.63) is 70.8 Å². The Bertz CT molecular complexity index is 541. The summed E-state index contributed by atoms with van der Waals surface area (Å²) >= 11 is 0. The van der Waals surface area contributed by atoms with Gasteiger partial charge in [0.05, 0.1) is 0 Å². The largest absolute Gasteiger partial charge is 0.289 e. The summed E-state index contributed by atoms with van der Waals surface area (Å²) in [5, 5.41) is 0. The van der Waals surface area contributed by atoms with Gasteiger partial charge in [0.1, 0.15) is 0 Å². The van der Waals surface area contributed by atoms with Gasteiger partial charge in [-0.1, -0.05) is 56.3 Å². The molecule has 18 heavy (non-hydrogen) atoms. The molecular weight excluding hydrogens is 220 g/mol. The third-order valence-corrected chi connectivity index (χ3v) is 3.27. The summed E-state index contributed by atoms with van der Waals surface area (Å²) in [6.07, 6.45) is 1.99. The second kappa shape index (κ2) is 5.63. The smallest absolute Gasteiger partial charge is 0.193 e.